The van der Waals surface area contributed by atoms with E-state index in [-0.39, 0.29) is 43.7 Å². The number of carbonyl (C=O) groups excluding carboxylic acids is 1. The van der Waals surface area contributed by atoms with E-state index in [4.69, 9.17) is 14.6 Å². The number of aliphatic hydroxyl groups excluding tert-OH is 1. The minimum Gasteiger partial charge on any atom is -0.463 e. The summed E-state index contributed by atoms with van der Waals surface area (Å²) in [6.45, 7) is 6.61. The van der Waals surface area contributed by atoms with Crippen LogP contribution in [0.5, 0.6) is 0 Å². The quantitative estimate of drug-likeness (QED) is 0.419. The van der Waals surface area contributed by atoms with Gasteiger partial charge in [-0.15, -0.1) is 5.73 Å². The fourth-order valence-corrected chi connectivity index (χ4v) is 6.23. The molecule has 0 aromatic heterocycles. The second-order valence-electron chi connectivity index (χ2n) is 8.76. The summed E-state index contributed by atoms with van der Waals surface area (Å²) < 4.78 is 10.6. The molecule has 5 nitrogen and oxygen atoms in total. The fraction of sp³-hybridized carbons (Fsp3) is 0.583. The second-order valence-corrected chi connectivity index (χ2v) is 8.76. The van der Waals surface area contributed by atoms with Crippen molar-refractivity contribution in [1.82, 2.24) is 0 Å². The maximum atomic E-state index is 12.7. The summed E-state index contributed by atoms with van der Waals surface area (Å²) in [7, 11) is 0. The average molecular weight is 398 g/mol. The Labute approximate surface area is 172 Å². The van der Waals surface area contributed by atoms with E-state index in [0.717, 1.165) is 24.8 Å². The van der Waals surface area contributed by atoms with Crippen molar-refractivity contribution < 1.29 is 24.5 Å². The molecule has 2 fully saturated rings. The summed E-state index contributed by atoms with van der Waals surface area (Å²) in [5.74, 6) is 0.124. The van der Waals surface area contributed by atoms with Crippen molar-refractivity contribution in [3.05, 3.63) is 52.8 Å². The normalized spacial score (nSPS) is 31.9. The summed E-state index contributed by atoms with van der Waals surface area (Å²) in [5.41, 5.74) is 6.71. The van der Waals surface area contributed by atoms with Crippen LogP contribution in [-0.2, 0) is 14.3 Å². The minimum absolute atomic E-state index is 0.0206. The third-order valence-electron chi connectivity index (χ3n) is 7.32. The van der Waals surface area contributed by atoms with Gasteiger partial charge in [0.05, 0.1) is 31.8 Å². The maximum Gasteiger partial charge on any atom is 0.306 e. The highest BCUT2D eigenvalue weighted by Crippen LogP contribution is 2.72. The van der Waals surface area contributed by atoms with Crippen molar-refractivity contribution in [2.24, 2.45) is 5.41 Å². The molecule has 0 amide bonds. The van der Waals surface area contributed by atoms with E-state index in [9.17, 15) is 9.90 Å². The van der Waals surface area contributed by atoms with Crippen LogP contribution in [0.15, 0.2) is 36.1 Å². The predicted octanol–water partition coefficient (Wildman–Crippen LogP) is 3.13. The Hall–Kier alpha value is -1.91. The molecule has 0 saturated heterocycles. The van der Waals surface area contributed by atoms with Crippen LogP contribution in [0.3, 0.4) is 0 Å². The number of fused-ring (bicyclic) bond motifs is 3. The molecule has 4 unspecified atom stereocenters. The first kappa shape index (κ1) is 20.4. The Kier molecular flexibility index (Phi) is 5.43. The van der Waals surface area contributed by atoms with E-state index in [1.807, 2.05) is 0 Å². The van der Waals surface area contributed by atoms with Gasteiger partial charge >= 0.3 is 5.97 Å². The molecule has 0 aliphatic heterocycles. The second kappa shape index (κ2) is 7.73. The third-order valence-corrected chi connectivity index (χ3v) is 7.32. The number of rotatable bonds is 7. The number of esters is 1. The van der Waals surface area contributed by atoms with Gasteiger partial charge in [0.15, 0.2) is 0 Å². The first-order valence-corrected chi connectivity index (χ1v) is 10.5. The molecule has 1 aromatic carbocycles. The van der Waals surface area contributed by atoms with Gasteiger partial charge < -0.3 is 19.7 Å². The lowest BCUT2D eigenvalue weighted by Gasteiger charge is -2.42. The molecule has 1 spiro atoms. The Morgan fingerprint density at radius 3 is 2.93 bits per heavy atom. The molecule has 4 rings (SSSR count). The summed E-state index contributed by atoms with van der Waals surface area (Å²) in [5, 5.41) is 20.0. The van der Waals surface area contributed by atoms with Gasteiger partial charge in [-0.2, -0.15) is 0 Å². The Bertz CT molecular complexity index is 855. The summed E-state index contributed by atoms with van der Waals surface area (Å²) >= 11 is 0. The topological polar surface area (TPSA) is 76.0 Å². The van der Waals surface area contributed by atoms with E-state index in [2.05, 4.69) is 37.4 Å². The molecule has 1 aromatic rings. The Morgan fingerprint density at radius 2 is 2.17 bits per heavy atom. The predicted molar refractivity (Wildman–Crippen MR) is 109 cm³/mol. The van der Waals surface area contributed by atoms with Gasteiger partial charge in [0.25, 0.3) is 0 Å². The highest BCUT2D eigenvalue weighted by molar-refractivity contribution is 5.72. The first-order chi connectivity index (χ1) is 13.9. The van der Waals surface area contributed by atoms with Gasteiger partial charge in [0.2, 0.25) is 0 Å². The largest absolute Gasteiger partial charge is 0.463 e. The molecular weight excluding hydrogens is 368 g/mol. The number of aliphatic hydroxyl groups is 2. The summed E-state index contributed by atoms with van der Waals surface area (Å²) in [4.78, 5) is 12.7. The molecule has 0 heterocycles. The molecule has 2 N–H and O–H groups in total. The van der Waals surface area contributed by atoms with Gasteiger partial charge in [-0.25, -0.2) is 0 Å². The lowest BCUT2D eigenvalue weighted by atomic mass is 9.62. The number of ether oxygens (including phenoxy) is 2. The molecular formula is C24H30O5. The van der Waals surface area contributed by atoms with Crippen molar-refractivity contribution in [3.8, 4) is 0 Å². The van der Waals surface area contributed by atoms with Gasteiger partial charge in [-0.05, 0) is 60.6 Å². The fourth-order valence-electron chi connectivity index (χ4n) is 6.23. The number of hydrogen-bond donors (Lipinski definition) is 2. The minimum atomic E-state index is -0.839. The van der Waals surface area contributed by atoms with Crippen LogP contribution >= 0.6 is 0 Å². The molecule has 2 saturated carbocycles. The summed E-state index contributed by atoms with van der Waals surface area (Å²) in [6, 6.07) is 6.41. The molecule has 3 aliphatic rings. The zero-order valence-corrected chi connectivity index (χ0v) is 17.1. The monoisotopic (exact) mass is 398 g/mol. The van der Waals surface area contributed by atoms with Crippen molar-refractivity contribution >= 4 is 5.97 Å². The van der Waals surface area contributed by atoms with Crippen LogP contribution in [0.2, 0.25) is 0 Å². The lowest BCUT2D eigenvalue weighted by Crippen LogP contribution is -2.38. The lowest BCUT2D eigenvalue weighted by molar-refractivity contribution is -0.146. The number of benzene rings is 1. The molecule has 0 radical (unpaired) electrons. The van der Waals surface area contributed by atoms with E-state index >= 15 is 0 Å². The van der Waals surface area contributed by atoms with Crippen LogP contribution in [-0.4, -0.2) is 48.2 Å². The Morgan fingerprint density at radius 1 is 1.34 bits per heavy atom. The van der Waals surface area contributed by atoms with E-state index in [1.54, 1.807) is 0 Å². The smallest absolute Gasteiger partial charge is 0.306 e. The Balaban J connectivity index is 1.61. The van der Waals surface area contributed by atoms with Crippen LogP contribution in [0.25, 0.3) is 0 Å². The van der Waals surface area contributed by atoms with E-state index < -0.39 is 5.60 Å². The summed E-state index contributed by atoms with van der Waals surface area (Å²) in [6.07, 6.45) is 3.34. The molecule has 2 bridgehead atoms. The highest BCUT2D eigenvalue weighted by Gasteiger charge is 2.64. The number of aryl methyl sites for hydroxylation is 1. The van der Waals surface area contributed by atoms with Gasteiger partial charge in [-0.3, -0.25) is 4.79 Å². The van der Waals surface area contributed by atoms with Crippen molar-refractivity contribution in [2.75, 3.05) is 26.4 Å². The van der Waals surface area contributed by atoms with E-state index in [1.165, 1.54) is 16.7 Å². The highest BCUT2D eigenvalue weighted by atomic mass is 16.6. The first-order valence-electron chi connectivity index (χ1n) is 10.5. The van der Waals surface area contributed by atoms with Gasteiger partial charge in [0, 0.05) is 11.5 Å². The molecule has 5 heteroatoms. The number of hydrogen-bond acceptors (Lipinski definition) is 5. The molecule has 29 heavy (non-hydrogen) atoms. The SMILES string of the molecule is C=C=C1CC23CC1(O)CCC2c1cccc(C)c1C3CC(=O)OCCOCCO. The van der Waals surface area contributed by atoms with Crippen molar-refractivity contribution in [2.45, 2.75) is 56.5 Å². The van der Waals surface area contributed by atoms with Gasteiger partial charge in [0.1, 0.15) is 6.61 Å². The third kappa shape index (κ3) is 3.27. The number of carbonyl (C=O) groups is 1. The van der Waals surface area contributed by atoms with Crippen molar-refractivity contribution in [3.63, 3.8) is 0 Å². The van der Waals surface area contributed by atoms with Crippen LogP contribution in [0.4, 0.5) is 0 Å². The van der Waals surface area contributed by atoms with Gasteiger partial charge in [-0.1, -0.05) is 24.8 Å². The average Bonchev–Trinajstić information content (AvgIpc) is 3.09. The van der Waals surface area contributed by atoms with E-state index in [0.29, 0.717) is 18.8 Å². The maximum absolute atomic E-state index is 12.7. The molecule has 3 aliphatic carbocycles. The zero-order valence-electron chi connectivity index (χ0n) is 17.1. The molecule has 156 valence electrons. The van der Waals surface area contributed by atoms with Crippen LogP contribution in [0, 0.1) is 12.3 Å². The zero-order chi connectivity index (χ0) is 20.6. The van der Waals surface area contributed by atoms with Crippen LogP contribution in [0.1, 0.15) is 60.6 Å². The van der Waals surface area contributed by atoms with Crippen molar-refractivity contribution in [1.29, 1.82) is 0 Å². The molecule has 4 atom stereocenters. The van der Waals surface area contributed by atoms with Crippen LogP contribution < -0.4 is 0 Å². The standard InChI is InChI=1S/C24H30O5/c1-3-17-14-23-15-24(17,27)8-7-19(23)18-6-4-5-16(2)22(18)20(23)13-21(26)29-12-11-28-10-9-25/h4-6,19-20,25,27H,1,7-15H2,2H3.